The normalized spacial score (nSPS) is 10.3. The van der Waals surface area contributed by atoms with Crippen LogP contribution in [0.5, 0.6) is 5.75 Å². The van der Waals surface area contributed by atoms with Crippen LogP contribution in [0.25, 0.3) is 0 Å². The molecular weight excluding hydrogens is 214 g/mol. The quantitative estimate of drug-likeness (QED) is 0.750. The molecule has 1 aromatic heterocycles. The Morgan fingerprint density at radius 3 is 2.82 bits per heavy atom. The molecule has 17 heavy (non-hydrogen) atoms. The predicted molar refractivity (Wildman–Crippen MR) is 63.3 cm³/mol. The summed E-state index contributed by atoms with van der Waals surface area (Å²) in [5.74, 6) is 1.54. The second kappa shape index (κ2) is 5.57. The molecular formula is C14H11NO2. The summed E-state index contributed by atoms with van der Waals surface area (Å²) < 4.78 is 10.6. The Morgan fingerprint density at radius 2 is 2.12 bits per heavy atom. The van der Waals surface area contributed by atoms with Crippen molar-refractivity contribution >= 4 is 0 Å². The molecule has 0 bridgehead atoms. The molecule has 84 valence electrons. The average molecular weight is 225 g/mol. The van der Waals surface area contributed by atoms with Crippen molar-refractivity contribution in [1.82, 2.24) is 0 Å². The standard InChI is InChI=1S/C14H11NO2/c15-10-12-9-14(17-11-12)7-4-8-16-13-5-2-1-3-6-13/h1-6,8-9,11H,7H2. The fraction of sp³-hybridized carbons (Fsp3) is 0.0714. The maximum atomic E-state index is 8.62. The minimum Gasteiger partial charge on any atom is -0.468 e. The second-order valence-electron chi connectivity index (χ2n) is 3.42. The van der Waals surface area contributed by atoms with Crippen LogP contribution in [-0.2, 0) is 6.42 Å². The number of allylic oxidation sites excluding steroid dienone is 1. The van der Waals surface area contributed by atoms with Gasteiger partial charge in [-0.1, -0.05) is 18.2 Å². The third-order valence-corrected chi connectivity index (χ3v) is 2.15. The van der Waals surface area contributed by atoms with Gasteiger partial charge in [0.15, 0.2) is 0 Å². The molecule has 2 rings (SSSR count). The van der Waals surface area contributed by atoms with Gasteiger partial charge in [-0.05, 0) is 24.3 Å². The fourth-order valence-corrected chi connectivity index (χ4v) is 1.34. The lowest BCUT2D eigenvalue weighted by atomic mass is 10.3. The van der Waals surface area contributed by atoms with Crippen LogP contribution in [0.15, 0.2) is 59.4 Å². The highest BCUT2D eigenvalue weighted by Gasteiger charge is 1.97. The number of ether oxygens (including phenoxy) is 1. The Balaban J connectivity index is 1.84. The van der Waals surface area contributed by atoms with Gasteiger partial charge in [0.25, 0.3) is 0 Å². The molecule has 3 heteroatoms. The summed E-state index contributed by atoms with van der Waals surface area (Å²) in [7, 11) is 0. The Morgan fingerprint density at radius 1 is 1.29 bits per heavy atom. The first-order valence-electron chi connectivity index (χ1n) is 5.23. The van der Waals surface area contributed by atoms with Crippen molar-refractivity contribution in [1.29, 1.82) is 5.26 Å². The van der Waals surface area contributed by atoms with Gasteiger partial charge in [0.2, 0.25) is 0 Å². The minimum atomic E-state index is 0.539. The molecule has 0 saturated heterocycles. The van der Waals surface area contributed by atoms with Crippen molar-refractivity contribution in [3.8, 4) is 11.8 Å². The van der Waals surface area contributed by atoms with Gasteiger partial charge in [0.1, 0.15) is 23.8 Å². The van der Waals surface area contributed by atoms with Gasteiger partial charge < -0.3 is 9.15 Å². The highest BCUT2D eigenvalue weighted by Crippen LogP contribution is 2.10. The van der Waals surface area contributed by atoms with Crippen molar-refractivity contribution in [2.75, 3.05) is 0 Å². The first-order valence-corrected chi connectivity index (χ1v) is 5.23. The van der Waals surface area contributed by atoms with Crippen molar-refractivity contribution < 1.29 is 9.15 Å². The monoisotopic (exact) mass is 225 g/mol. The summed E-state index contributed by atoms with van der Waals surface area (Å²) in [4.78, 5) is 0. The zero-order chi connectivity index (χ0) is 11.9. The Bertz CT molecular complexity index is 535. The molecule has 0 atom stereocenters. The molecule has 0 aliphatic carbocycles. The molecule has 0 saturated carbocycles. The van der Waals surface area contributed by atoms with Gasteiger partial charge in [-0.25, -0.2) is 0 Å². The SMILES string of the molecule is N#Cc1coc(CC=COc2ccccc2)c1. The van der Waals surface area contributed by atoms with E-state index < -0.39 is 0 Å². The fourth-order valence-electron chi connectivity index (χ4n) is 1.34. The van der Waals surface area contributed by atoms with Crippen molar-refractivity contribution in [2.45, 2.75) is 6.42 Å². The third-order valence-electron chi connectivity index (χ3n) is 2.15. The summed E-state index contributed by atoms with van der Waals surface area (Å²) in [6.07, 6.45) is 5.51. The second-order valence-corrected chi connectivity index (χ2v) is 3.42. The molecule has 1 aromatic carbocycles. The van der Waals surface area contributed by atoms with E-state index in [-0.39, 0.29) is 0 Å². The van der Waals surface area contributed by atoms with Crippen LogP contribution < -0.4 is 4.74 Å². The summed E-state index contributed by atoms with van der Waals surface area (Å²) in [6.45, 7) is 0. The molecule has 3 nitrogen and oxygen atoms in total. The van der Waals surface area contributed by atoms with E-state index in [2.05, 4.69) is 0 Å². The predicted octanol–water partition coefficient (Wildman–Crippen LogP) is 3.29. The Kier molecular flexibility index (Phi) is 3.61. The van der Waals surface area contributed by atoms with Gasteiger partial charge >= 0.3 is 0 Å². The van der Waals surface area contributed by atoms with Gasteiger partial charge in [-0.3, -0.25) is 0 Å². The minimum absolute atomic E-state index is 0.539. The van der Waals surface area contributed by atoms with Crippen molar-refractivity contribution in [3.63, 3.8) is 0 Å². The number of para-hydroxylation sites is 1. The molecule has 2 aromatic rings. The molecule has 1 heterocycles. The number of rotatable bonds is 4. The van der Waals surface area contributed by atoms with E-state index in [4.69, 9.17) is 14.4 Å². The third kappa shape index (κ3) is 3.25. The smallest absolute Gasteiger partial charge is 0.126 e. The molecule has 0 amide bonds. The van der Waals surface area contributed by atoms with Gasteiger partial charge in [-0.2, -0.15) is 5.26 Å². The zero-order valence-corrected chi connectivity index (χ0v) is 9.17. The van der Waals surface area contributed by atoms with Gasteiger partial charge in [0, 0.05) is 6.42 Å². The average Bonchev–Trinajstić information content (AvgIpc) is 2.84. The molecule has 0 aliphatic heterocycles. The summed E-state index contributed by atoms with van der Waals surface area (Å²) in [5, 5.41) is 8.62. The molecule has 0 spiro atoms. The van der Waals surface area contributed by atoms with E-state index in [1.807, 2.05) is 42.5 Å². The van der Waals surface area contributed by atoms with E-state index >= 15 is 0 Å². The van der Waals surface area contributed by atoms with E-state index in [0.29, 0.717) is 12.0 Å². The number of benzene rings is 1. The van der Waals surface area contributed by atoms with Crippen molar-refractivity contribution in [3.05, 3.63) is 66.3 Å². The maximum absolute atomic E-state index is 8.62. The number of nitrogens with zero attached hydrogens (tertiary/aromatic N) is 1. The van der Waals surface area contributed by atoms with Crippen LogP contribution in [0, 0.1) is 11.3 Å². The number of nitriles is 1. The molecule has 0 radical (unpaired) electrons. The highest BCUT2D eigenvalue weighted by atomic mass is 16.5. The van der Waals surface area contributed by atoms with Gasteiger partial charge in [-0.15, -0.1) is 0 Å². The Labute approximate surface area is 99.6 Å². The maximum Gasteiger partial charge on any atom is 0.126 e. The molecule has 0 unspecified atom stereocenters. The summed E-state index contributed by atoms with van der Waals surface area (Å²) >= 11 is 0. The first kappa shape index (κ1) is 11.0. The van der Waals surface area contributed by atoms with E-state index in [0.717, 1.165) is 11.5 Å². The molecule has 0 fully saturated rings. The van der Waals surface area contributed by atoms with Crippen molar-refractivity contribution in [2.24, 2.45) is 0 Å². The number of hydrogen-bond donors (Lipinski definition) is 0. The molecule has 0 aliphatic rings. The summed E-state index contributed by atoms with van der Waals surface area (Å²) in [6, 6.07) is 13.2. The molecule has 0 N–H and O–H groups in total. The van der Waals surface area contributed by atoms with Crippen LogP contribution in [0.1, 0.15) is 11.3 Å². The highest BCUT2D eigenvalue weighted by molar-refractivity contribution is 5.27. The first-order chi connectivity index (χ1) is 8.38. The van der Waals surface area contributed by atoms with E-state index in [9.17, 15) is 0 Å². The number of hydrogen-bond acceptors (Lipinski definition) is 3. The zero-order valence-electron chi connectivity index (χ0n) is 9.17. The van der Waals surface area contributed by atoms with Gasteiger partial charge in [0.05, 0.1) is 11.8 Å². The lowest BCUT2D eigenvalue weighted by molar-refractivity contribution is 0.475. The topological polar surface area (TPSA) is 46.2 Å². The number of furan rings is 1. The summed E-state index contributed by atoms with van der Waals surface area (Å²) in [5.41, 5.74) is 0.539. The Hall–Kier alpha value is -2.47. The van der Waals surface area contributed by atoms with Crippen LogP contribution in [0.4, 0.5) is 0 Å². The van der Waals surface area contributed by atoms with Crippen LogP contribution in [0.2, 0.25) is 0 Å². The van der Waals surface area contributed by atoms with Crippen LogP contribution in [-0.4, -0.2) is 0 Å². The van der Waals surface area contributed by atoms with E-state index in [1.54, 1.807) is 12.3 Å². The van der Waals surface area contributed by atoms with E-state index in [1.165, 1.54) is 6.26 Å². The van der Waals surface area contributed by atoms with Crippen LogP contribution >= 0.6 is 0 Å². The van der Waals surface area contributed by atoms with Crippen LogP contribution in [0.3, 0.4) is 0 Å². The lowest BCUT2D eigenvalue weighted by Crippen LogP contribution is -1.82. The lowest BCUT2D eigenvalue weighted by Gasteiger charge is -1.97. The largest absolute Gasteiger partial charge is 0.468 e.